The summed E-state index contributed by atoms with van der Waals surface area (Å²) in [5.41, 5.74) is -0.183. The minimum Gasteiger partial charge on any atom is -0.365 e. The fourth-order valence-corrected chi connectivity index (χ4v) is 1.17. The molecule has 3 fully saturated rings. The van der Waals surface area contributed by atoms with Gasteiger partial charge in [0.25, 0.3) is 0 Å². The van der Waals surface area contributed by atoms with Gasteiger partial charge in [0, 0.05) is 0 Å². The summed E-state index contributed by atoms with van der Waals surface area (Å²) >= 11 is 0. The molecule has 0 unspecified atom stereocenters. The van der Waals surface area contributed by atoms with Gasteiger partial charge in [0.15, 0.2) is 5.79 Å². The van der Waals surface area contributed by atoms with Crippen LogP contribution in [-0.4, -0.2) is 31.2 Å². The molecular weight excluding hydrogens is 132 g/mol. The highest BCUT2D eigenvalue weighted by Crippen LogP contribution is 2.32. The summed E-state index contributed by atoms with van der Waals surface area (Å²) in [6.07, 6.45) is 0. The molecule has 3 aliphatic rings. The molecule has 0 amide bonds. The van der Waals surface area contributed by atoms with Crippen LogP contribution in [0.15, 0.2) is 0 Å². The van der Waals surface area contributed by atoms with E-state index in [0.29, 0.717) is 19.8 Å². The van der Waals surface area contributed by atoms with E-state index >= 15 is 0 Å². The Hall–Kier alpha value is -0.120. The van der Waals surface area contributed by atoms with Crippen molar-refractivity contribution < 1.29 is 14.2 Å². The Bertz CT molecular complexity index is 112. The van der Waals surface area contributed by atoms with E-state index in [1.165, 1.54) is 0 Å². The van der Waals surface area contributed by atoms with Gasteiger partial charge in [-0.05, 0) is 13.8 Å². The molecule has 2 bridgehead atoms. The lowest BCUT2D eigenvalue weighted by Gasteiger charge is -2.49. The molecule has 0 radical (unpaired) electrons. The molecular formula is C7H12O3. The summed E-state index contributed by atoms with van der Waals surface area (Å²) in [4.78, 5) is 0. The standard InChI is InChI=1S/C7H12O3/c1-6-3-9-7(2,5-8-6)10-4-6/h3-5H2,1-2H3. The van der Waals surface area contributed by atoms with Gasteiger partial charge in [-0.2, -0.15) is 0 Å². The van der Waals surface area contributed by atoms with Gasteiger partial charge in [0.2, 0.25) is 0 Å². The second-order valence-corrected chi connectivity index (χ2v) is 3.45. The van der Waals surface area contributed by atoms with Crippen molar-refractivity contribution in [3.8, 4) is 0 Å². The average Bonchev–Trinajstić information content (AvgIpc) is 1.93. The highest BCUT2D eigenvalue weighted by molar-refractivity contribution is 4.87. The summed E-state index contributed by atoms with van der Waals surface area (Å²) in [5, 5.41) is 0. The van der Waals surface area contributed by atoms with Crippen LogP contribution in [0.2, 0.25) is 0 Å². The van der Waals surface area contributed by atoms with Crippen molar-refractivity contribution in [1.82, 2.24) is 0 Å². The maximum Gasteiger partial charge on any atom is 0.189 e. The van der Waals surface area contributed by atoms with Crippen molar-refractivity contribution >= 4 is 0 Å². The molecule has 0 aliphatic carbocycles. The Balaban J connectivity index is 2.16. The Morgan fingerprint density at radius 3 is 1.80 bits per heavy atom. The van der Waals surface area contributed by atoms with Gasteiger partial charge in [0.1, 0.15) is 12.2 Å². The van der Waals surface area contributed by atoms with Crippen LogP contribution in [0.25, 0.3) is 0 Å². The Labute approximate surface area is 60.3 Å². The van der Waals surface area contributed by atoms with Crippen LogP contribution in [0.5, 0.6) is 0 Å². The number of hydrogen-bond acceptors (Lipinski definition) is 3. The molecule has 3 heterocycles. The highest BCUT2D eigenvalue weighted by atomic mass is 16.8. The quantitative estimate of drug-likeness (QED) is 0.496. The zero-order valence-electron chi connectivity index (χ0n) is 6.35. The largest absolute Gasteiger partial charge is 0.365 e. The van der Waals surface area contributed by atoms with Crippen LogP contribution in [-0.2, 0) is 14.2 Å². The zero-order valence-corrected chi connectivity index (χ0v) is 6.35. The predicted octanol–water partition coefficient (Wildman–Crippen LogP) is 0.538. The monoisotopic (exact) mass is 144 g/mol. The van der Waals surface area contributed by atoms with Gasteiger partial charge in [-0.3, -0.25) is 0 Å². The molecule has 3 saturated heterocycles. The van der Waals surface area contributed by atoms with Gasteiger partial charge >= 0.3 is 0 Å². The molecule has 0 aromatic rings. The second-order valence-electron chi connectivity index (χ2n) is 3.45. The van der Waals surface area contributed by atoms with Gasteiger partial charge in [-0.15, -0.1) is 0 Å². The van der Waals surface area contributed by atoms with E-state index in [0.717, 1.165) is 0 Å². The molecule has 3 aliphatic heterocycles. The normalized spacial score (nSPS) is 53.4. The van der Waals surface area contributed by atoms with Crippen LogP contribution in [0, 0.1) is 0 Å². The lowest BCUT2D eigenvalue weighted by atomic mass is 10.1. The first kappa shape index (κ1) is 6.58. The predicted molar refractivity (Wildman–Crippen MR) is 34.7 cm³/mol. The maximum atomic E-state index is 5.52. The SMILES string of the molecule is CC12COC(C)(CO1)OC2. The molecule has 58 valence electrons. The molecule has 3 nitrogen and oxygen atoms in total. The maximum absolute atomic E-state index is 5.52. The van der Waals surface area contributed by atoms with Gasteiger partial charge in [-0.25, -0.2) is 0 Å². The second kappa shape index (κ2) is 1.72. The minimum atomic E-state index is -0.461. The summed E-state index contributed by atoms with van der Waals surface area (Å²) in [7, 11) is 0. The van der Waals surface area contributed by atoms with Crippen molar-refractivity contribution in [2.75, 3.05) is 19.8 Å². The Morgan fingerprint density at radius 2 is 1.50 bits per heavy atom. The van der Waals surface area contributed by atoms with Gasteiger partial charge in [0.05, 0.1) is 13.2 Å². The lowest BCUT2D eigenvalue weighted by Crippen LogP contribution is -2.61. The molecule has 10 heavy (non-hydrogen) atoms. The van der Waals surface area contributed by atoms with Crippen molar-refractivity contribution in [2.45, 2.75) is 25.2 Å². The average molecular weight is 144 g/mol. The number of ether oxygens (including phenoxy) is 3. The van der Waals surface area contributed by atoms with Crippen molar-refractivity contribution in [3.63, 3.8) is 0 Å². The molecule has 0 spiro atoms. The van der Waals surface area contributed by atoms with Crippen molar-refractivity contribution in [1.29, 1.82) is 0 Å². The first-order chi connectivity index (χ1) is 4.62. The number of hydrogen-bond donors (Lipinski definition) is 0. The summed E-state index contributed by atoms with van der Waals surface area (Å²) in [5.74, 6) is -0.461. The van der Waals surface area contributed by atoms with Crippen LogP contribution in [0.3, 0.4) is 0 Å². The van der Waals surface area contributed by atoms with Crippen LogP contribution >= 0.6 is 0 Å². The van der Waals surface area contributed by atoms with Crippen molar-refractivity contribution in [3.05, 3.63) is 0 Å². The van der Waals surface area contributed by atoms with Crippen LogP contribution < -0.4 is 0 Å². The minimum absolute atomic E-state index is 0.183. The summed E-state index contributed by atoms with van der Waals surface area (Å²) in [6, 6.07) is 0. The number of rotatable bonds is 0. The summed E-state index contributed by atoms with van der Waals surface area (Å²) in [6.45, 7) is 5.79. The van der Waals surface area contributed by atoms with E-state index in [1.54, 1.807) is 0 Å². The third kappa shape index (κ3) is 0.856. The number of fused-ring (bicyclic) bond motifs is 3. The molecule has 0 saturated carbocycles. The molecule has 0 aromatic heterocycles. The molecule has 0 atom stereocenters. The third-order valence-corrected chi connectivity index (χ3v) is 2.05. The van der Waals surface area contributed by atoms with E-state index in [2.05, 4.69) is 0 Å². The zero-order chi connectivity index (χ0) is 7.24. The third-order valence-electron chi connectivity index (χ3n) is 2.05. The van der Waals surface area contributed by atoms with Gasteiger partial charge < -0.3 is 14.2 Å². The highest BCUT2D eigenvalue weighted by Gasteiger charge is 2.46. The molecule has 3 rings (SSSR count). The van der Waals surface area contributed by atoms with E-state index in [4.69, 9.17) is 14.2 Å². The first-order valence-electron chi connectivity index (χ1n) is 3.54. The first-order valence-corrected chi connectivity index (χ1v) is 3.54. The van der Waals surface area contributed by atoms with E-state index < -0.39 is 5.79 Å². The van der Waals surface area contributed by atoms with E-state index in [-0.39, 0.29) is 5.60 Å². The Kier molecular flexibility index (Phi) is 1.14. The fraction of sp³-hybridized carbons (Fsp3) is 1.00. The molecule has 0 aromatic carbocycles. The van der Waals surface area contributed by atoms with Crippen LogP contribution in [0.4, 0.5) is 0 Å². The summed E-state index contributed by atoms with van der Waals surface area (Å²) < 4.78 is 16.4. The van der Waals surface area contributed by atoms with E-state index in [1.807, 2.05) is 13.8 Å². The molecule has 3 heteroatoms. The topological polar surface area (TPSA) is 27.7 Å². The Morgan fingerprint density at radius 1 is 0.900 bits per heavy atom. The lowest BCUT2D eigenvalue weighted by molar-refractivity contribution is -0.385. The fourth-order valence-electron chi connectivity index (χ4n) is 1.17. The molecule has 0 N–H and O–H groups in total. The van der Waals surface area contributed by atoms with Crippen molar-refractivity contribution in [2.24, 2.45) is 0 Å². The smallest absolute Gasteiger partial charge is 0.189 e. The van der Waals surface area contributed by atoms with Crippen LogP contribution in [0.1, 0.15) is 13.8 Å². The van der Waals surface area contributed by atoms with Gasteiger partial charge in [-0.1, -0.05) is 0 Å². The van der Waals surface area contributed by atoms with E-state index in [9.17, 15) is 0 Å².